The molecule has 1 aromatic heterocycles. The molecule has 1 saturated carbocycles. The molecule has 1 fully saturated rings. The first-order valence-corrected chi connectivity index (χ1v) is 10.6. The smallest absolute Gasteiger partial charge is 0.226 e. The average molecular weight is 420 g/mol. The van der Waals surface area contributed by atoms with Crippen molar-refractivity contribution in [3.63, 3.8) is 0 Å². The van der Waals surface area contributed by atoms with Crippen LogP contribution in [0.1, 0.15) is 48.3 Å². The number of nitriles is 1. The standard InChI is InChI=1S/C25H25FN2O3/c1-17-24(28-25(31-17)18-9-11-21(26)12-10-18)16-30-23-8-4-7-22(13-23)29-15-20-6-3-2-5-19(20)14-27/h2-3,5-6,9-12,22-23H,4,7-8,13,15-16H2,1H3/t22-,23+/m0/s1. The molecular formula is C25H25FN2O3. The van der Waals surface area contributed by atoms with Crippen LogP contribution in [0.25, 0.3) is 11.5 Å². The van der Waals surface area contributed by atoms with E-state index >= 15 is 0 Å². The fraction of sp³-hybridized carbons (Fsp3) is 0.360. The molecule has 0 bridgehead atoms. The zero-order valence-electron chi connectivity index (χ0n) is 17.5. The van der Waals surface area contributed by atoms with Crippen LogP contribution in [0.3, 0.4) is 0 Å². The molecule has 4 rings (SSSR count). The van der Waals surface area contributed by atoms with E-state index in [4.69, 9.17) is 13.9 Å². The maximum absolute atomic E-state index is 13.1. The van der Waals surface area contributed by atoms with Crippen LogP contribution < -0.4 is 0 Å². The topological polar surface area (TPSA) is 68.3 Å². The molecule has 1 aliphatic carbocycles. The van der Waals surface area contributed by atoms with E-state index in [2.05, 4.69) is 11.1 Å². The number of nitrogens with zero attached hydrogens (tertiary/aromatic N) is 2. The van der Waals surface area contributed by atoms with Gasteiger partial charge in [0.05, 0.1) is 37.1 Å². The van der Waals surface area contributed by atoms with Gasteiger partial charge in [-0.2, -0.15) is 5.26 Å². The lowest BCUT2D eigenvalue weighted by atomic mass is 9.94. The SMILES string of the molecule is Cc1oc(-c2ccc(F)cc2)nc1CO[C@@H]1CCC[C@H](OCc2ccccc2C#N)C1. The summed E-state index contributed by atoms with van der Waals surface area (Å²) in [4.78, 5) is 4.53. The number of aryl methyl sites for hydroxylation is 1. The summed E-state index contributed by atoms with van der Waals surface area (Å²) in [7, 11) is 0. The number of hydrogen-bond donors (Lipinski definition) is 0. The van der Waals surface area contributed by atoms with Crippen molar-refractivity contribution >= 4 is 0 Å². The summed E-state index contributed by atoms with van der Waals surface area (Å²) in [6, 6.07) is 15.8. The summed E-state index contributed by atoms with van der Waals surface area (Å²) < 4.78 is 31.1. The fourth-order valence-corrected chi connectivity index (χ4v) is 3.84. The summed E-state index contributed by atoms with van der Waals surface area (Å²) in [5, 5.41) is 9.23. The Hall–Kier alpha value is -3.01. The van der Waals surface area contributed by atoms with E-state index < -0.39 is 0 Å². The molecule has 2 aromatic carbocycles. The minimum Gasteiger partial charge on any atom is -0.441 e. The first-order valence-electron chi connectivity index (χ1n) is 10.6. The predicted octanol–water partition coefficient (Wildman–Crippen LogP) is 5.71. The minimum absolute atomic E-state index is 0.0929. The normalized spacial score (nSPS) is 18.6. The Bertz CT molecular complexity index is 1060. The Kier molecular flexibility index (Phi) is 6.76. The third kappa shape index (κ3) is 5.38. The van der Waals surface area contributed by atoms with E-state index in [9.17, 15) is 9.65 Å². The molecule has 1 heterocycles. The van der Waals surface area contributed by atoms with Gasteiger partial charge in [0, 0.05) is 5.56 Å². The van der Waals surface area contributed by atoms with E-state index in [-0.39, 0.29) is 18.0 Å². The molecule has 1 aliphatic rings. The fourth-order valence-electron chi connectivity index (χ4n) is 3.84. The van der Waals surface area contributed by atoms with Gasteiger partial charge in [-0.25, -0.2) is 9.37 Å². The second kappa shape index (κ2) is 9.86. The number of halogens is 1. The van der Waals surface area contributed by atoms with Gasteiger partial charge in [0.25, 0.3) is 0 Å². The molecule has 0 spiro atoms. The molecule has 3 aromatic rings. The Labute approximate surface area is 181 Å². The Morgan fingerprint density at radius 1 is 1.06 bits per heavy atom. The monoisotopic (exact) mass is 420 g/mol. The van der Waals surface area contributed by atoms with Crippen molar-refractivity contribution < 1.29 is 18.3 Å². The number of benzene rings is 2. The van der Waals surface area contributed by atoms with Crippen molar-refractivity contribution in [1.82, 2.24) is 4.98 Å². The molecule has 0 radical (unpaired) electrons. The summed E-state index contributed by atoms with van der Waals surface area (Å²) in [5.74, 6) is 0.883. The van der Waals surface area contributed by atoms with E-state index in [1.165, 1.54) is 12.1 Å². The minimum atomic E-state index is -0.291. The van der Waals surface area contributed by atoms with Crippen LogP contribution in [-0.4, -0.2) is 17.2 Å². The van der Waals surface area contributed by atoms with Gasteiger partial charge < -0.3 is 13.9 Å². The summed E-state index contributed by atoms with van der Waals surface area (Å²) in [5.41, 5.74) is 3.06. The third-order valence-electron chi connectivity index (χ3n) is 5.63. The van der Waals surface area contributed by atoms with Gasteiger partial charge in [-0.05, 0) is 68.5 Å². The lowest BCUT2D eigenvalue weighted by Gasteiger charge is -2.29. The molecule has 6 heteroatoms. The third-order valence-corrected chi connectivity index (χ3v) is 5.63. The van der Waals surface area contributed by atoms with Gasteiger partial charge >= 0.3 is 0 Å². The first kappa shape index (κ1) is 21.2. The number of ether oxygens (including phenoxy) is 2. The van der Waals surface area contributed by atoms with Crippen LogP contribution in [0, 0.1) is 24.1 Å². The predicted molar refractivity (Wildman–Crippen MR) is 113 cm³/mol. The van der Waals surface area contributed by atoms with Crippen molar-refractivity contribution in [3.05, 3.63) is 76.9 Å². The van der Waals surface area contributed by atoms with Crippen LogP contribution >= 0.6 is 0 Å². The van der Waals surface area contributed by atoms with Gasteiger partial charge in [-0.3, -0.25) is 0 Å². The second-order valence-electron chi connectivity index (χ2n) is 7.83. The Morgan fingerprint density at radius 2 is 1.77 bits per heavy atom. The Morgan fingerprint density at radius 3 is 2.52 bits per heavy atom. The summed E-state index contributed by atoms with van der Waals surface area (Å²) in [6.07, 6.45) is 4.03. The molecule has 160 valence electrons. The van der Waals surface area contributed by atoms with Crippen LogP contribution in [-0.2, 0) is 22.7 Å². The highest BCUT2D eigenvalue weighted by Crippen LogP contribution is 2.27. The van der Waals surface area contributed by atoms with Gasteiger partial charge in [-0.1, -0.05) is 18.2 Å². The van der Waals surface area contributed by atoms with Crippen molar-refractivity contribution in [2.45, 2.75) is 58.0 Å². The van der Waals surface area contributed by atoms with Crippen molar-refractivity contribution in [2.24, 2.45) is 0 Å². The highest BCUT2D eigenvalue weighted by atomic mass is 19.1. The molecule has 5 nitrogen and oxygen atoms in total. The van der Waals surface area contributed by atoms with Crippen LogP contribution in [0.4, 0.5) is 4.39 Å². The van der Waals surface area contributed by atoms with Gasteiger partial charge in [0.1, 0.15) is 17.3 Å². The van der Waals surface area contributed by atoms with Gasteiger partial charge in [0.15, 0.2) is 0 Å². The molecule has 2 atom stereocenters. The molecule has 0 N–H and O–H groups in total. The maximum Gasteiger partial charge on any atom is 0.226 e. The number of aromatic nitrogens is 1. The number of oxazole rings is 1. The quantitative estimate of drug-likeness (QED) is 0.490. The Balaban J connectivity index is 1.31. The highest BCUT2D eigenvalue weighted by molar-refractivity contribution is 5.53. The molecule has 0 aliphatic heterocycles. The molecular weight excluding hydrogens is 395 g/mol. The molecule has 0 saturated heterocycles. The maximum atomic E-state index is 13.1. The number of hydrogen-bond acceptors (Lipinski definition) is 5. The number of rotatable bonds is 7. The average Bonchev–Trinajstić information content (AvgIpc) is 3.17. The van der Waals surface area contributed by atoms with Crippen LogP contribution in [0.15, 0.2) is 52.9 Å². The van der Waals surface area contributed by atoms with Gasteiger partial charge in [0.2, 0.25) is 5.89 Å². The first-order chi connectivity index (χ1) is 15.1. The molecule has 0 amide bonds. The van der Waals surface area contributed by atoms with E-state index in [0.29, 0.717) is 30.4 Å². The second-order valence-corrected chi connectivity index (χ2v) is 7.83. The zero-order valence-corrected chi connectivity index (χ0v) is 17.5. The van der Waals surface area contributed by atoms with Crippen LogP contribution in [0.5, 0.6) is 0 Å². The lowest BCUT2D eigenvalue weighted by molar-refractivity contribution is -0.0563. The summed E-state index contributed by atoms with van der Waals surface area (Å²) >= 11 is 0. The van der Waals surface area contributed by atoms with E-state index in [0.717, 1.165) is 42.5 Å². The molecule has 31 heavy (non-hydrogen) atoms. The summed E-state index contributed by atoms with van der Waals surface area (Å²) in [6.45, 7) is 2.66. The molecule has 0 unspecified atom stereocenters. The van der Waals surface area contributed by atoms with E-state index in [1.807, 2.05) is 31.2 Å². The lowest BCUT2D eigenvalue weighted by Crippen LogP contribution is -2.28. The van der Waals surface area contributed by atoms with Crippen molar-refractivity contribution in [1.29, 1.82) is 5.26 Å². The van der Waals surface area contributed by atoms with E-state index in [1.54, 1.807) is 12.1 Å². The largest absolute Gasteiger partial charge is 0.441 e. The van der Waals surface area contributed by atoms with Crippen molar-refractivity contribution in [2.75, 3.05) is 0 Å². The van der Waals surface area contributed by atoms with Crippen molar-refractivity contribution in [3.8, 4) is 17.5 Å². The highest BCUT2D eigenvalue weighted by Gasteiger charge is 2.24. The zero-order chi connectivity index (χ0) is 21.6. The van der Waals surface area contributed by atoms with Gasteiger partial charge in [-0.15, -0.1) is 0 Å². The van der Waals surface area contributed by atoms with Crippen LogP contribution in [0.2, 0.25) is 0 Å².